The maximum Gasteiger partial charge on any atom is 0.251 e. The first-order valence-electron chi connectivity index (χ1n) is 12.7. The molecule has 1 aromatic carbocycles. The van der Waals surface area contributed by atoms with E-state index in [0.717, 1.165) is 38.9 Å². The van der Waals surface area contributed by atoms with Gasteiger partial charge in [-0.1, -0.05) is 18.7 Å². The molecule has 35 heavy (non-hydrogen) atoms. The Hall–Kier alpha value is -3.13. The van der Waals surface area contributed by atoms with E-state index in [2.05, 4.69) is 27.4 Å². The average Bonchev–Trinajstić information content (AvgIpc) is 3.59. The number of likely N-dealkylation sites (N-methyl/N-ethyl adjacent to an activating group) is 1. The molecule has 3 fully saturated rings. The van der Waals surface area contributed by atoms with Gasteiger partial charge in [-0.2, -0.15) is 0 Å². The molecule has 4 rings (SSSR count). The first-order valence-corrected chi connectivity index (χ1v) is 12.7. The van der Waals surface area contributed by atoms with E-state index in [1.807, 2.05) is 6.08 Å². The van der Waals surface area contributed by atoms with Crippen LogP contribution in [0.4, 0.5) is 5.69 Å². The number of nitrogens with one attached hydrogen (secondary N) is 3. The maximum atomic E-state index is 13.1. The van der Waals surface area contributed by atoms with Crippen molar-refractivity contribution in [2.75, 3.05) is 32.0 Å². The number of rotatable bonds is 10. The molecule has 2 saturated carbocycles. The Labute approximate surface area is 207 Å². The molecular formula is C27H37N5O3. The normalized spacial score (nSPS) is 24.1. The lowest BCUT2D eigenvalue weighted by Crippen LogP contribution is -2.43. The summed E-state index contributed by atoms with van der Waals surface area (Å²) in [5, 5.41) is 9.12. The molecule has 5 N–H and O–H groups in total. The SMILES string of the molecule is C=C(/C=C\CN1CCCC2CC(NC(=O)c3ccc(C(N)=O)c(NCC4CC4)c3)CC21)C(=O)NC. The van der Waals surface area contributed by atoms with Crippen molar-refractivity contribution >= 4 is 23.4 Å². The van der Waals surface area contributed by atoms with Crippen molar-refractivity contribution in [3.05, 3.63) is 53.6 Å². The van der Waals surface area contributed by atoms with Crippen molar-refractivity contribution in [2.45, 2.75) is 50.6 Å². The summed E-state index contributed by atoms with van der Waals surface area (Å²) in [5.74, 6) is 0.402. The van der Waals surface area contributed by atoms with Gasteiger partial charge in [0.15, 0.2) is 0 Å². The molecule has 1 aromatic rings. The topological polar surface area (TPSA) is 117 Å². The summed E-state index contributed by atoms with van der Waals surface area (Å²) in [4.78, 5) is 39.0. The Bertz CT molecular complexity index is 1020. The Morgan fingerprint density at radius 2 is 2.00 bits per heavy atom. The highest BCUT2D eigenvalue weighted by atomic mass is 16.2. The van der Waals surface area contributed by atoms with Crippen LogP contribution in [0, 0.1) is 11.8 Å². The van der Waals surface area contributed by atoms with Crippen LogP contribution in [0.15, 0.2) is 42.5 Å². The number of fused-ring (bicyclic) bond motifs is 1. The molecule has 0 radical (unpaired) electrons. The lowest BCUT2D eigenvalue weighted by Gasteiger charge is -2.36. The molecule has 0 spiro atoms. The van der Waals surface area contributed by atoms with Gasteiger partial charge in [-0.3, -0.25) is 19.3 Å². The van der Waals surface area contributed by atoms with Gasteiger partial charge in [0.05, 0.1) is 5.56 Å². The molecule has 0 aromatic heterocycles. The summed E-state index contributed by atoms with van der Waals surface area (Å²) in [6.07, 6.45) is 10.4. The van der Waals surface area contributed by atoms with Crippen molar-refractivity contribution in [1.82, 2.24) is 15.5 Å². The fourth-order valence-electron chi connectivity index (χ4n) is 5.39. The first kappa shape index (κ1) is 25.0. The molecule has 1 aliphatic heterocycles. The van der Waals surface area contributed by atoms with Gasteiger partial charge in [0, 0.05) is 49.0 Å². The predicted octanol–water partition coefficient (Wildman–Crippen LogP) is 2.44. The van der Waals surface area contributed by atoms with Gasteiger partial charge in [-0.05, 0) is 75.1 Å². The van der Waals surface area contributed by atoms with Gasteiger partial charge in [-0.25, -0.2) is 0 Å². The second-order valence-electron chi connectivity index (χ2n) is 10.1. The second-order valence-corrected chi connectivity index (χ2v) is 10.1. The zero-order valence-electron chi connectivity index (χ0n) is 20.5. The van der Waals surface area contributed by atoms with Crippen molar-refractivity contribution < 1.29 is 14.4 Å². The van der Waals surface area contributed by atoms with E-state index < -0.39 is 5.91 Å². The number of hydrogen-bond donors (Lipinski definition) is 4. The van der Waals surface area contributed by atoms with E-state index in [4.69, 9.17) is 5.73 Å². The highest BCUT2D eigenvalue weighted by molar-refractivity contribution is 6.02. The summed E-state index contributed by atoms with van der Waals surface area (Å²) in [6, 6.07) is 5.59. The Morgan fingerprint density at radius 1 is 1.20 bits per heavy atom. The van der Waals surface area contributed by atoms with Crippen LogP contribution in [0.2, 0.25) is 0 Å². The summed E-state index contributed by atoms with van der Waals surface area (Å²) >= 11 is 0. The molecule has 3 aliphatic rings. The Kier molecular flexibility index (Phi) is 7.90. The van der Waals surface area contributed by atoms with Gasteiger partial charge < -0.3 is 21.7 Å². The number of hydrogen-bond acceptors (Lipinski definition) is 5. The van der Waals surface area contributed by atoms with Crippen molar-refractivity contribution in [1.29, 1.82) is 0 Å². The van der Waals surface area contributed by atoms with Crippen LogP contribution >= 0.6 is 0 Å². The number of nitrogens with two attached hydrogens (primary N) is 1. The third-order valence-electron chi connectivity index (χ3n) is 7.48. The van der Waals surface area contributed by atoms with Crippen LogP contribution in [0.5, 0.6) is 0 Å². The third kappa shape index (κ3) is 6.31. The van der Waals surface area contributed by atoms with Crippen LogP contribution in [-0.2, 0) is 4.79 Å². The molecule has 3 atom stereocenters. The molecule has 8 nitrogen and oxygen atoms in total. The van der Waals surface area contributed by atoms with Gasteiger partial charge >= 0.3 is 0 Å². The fraction of sp³-hybridized carbons (Fsp3) is 0.519. The molecular weight excluding hydrogens is 442 g/mol. The van der Waals surface area contributed by atoms with Gasteiger partial charge in [0.2, 0.25) is 5.91 Å². The number of carbonyl (C=O) groups is 3. The molecule has 188 valence electrons. The molecule has 1 saturated heterocycles. The molecule has 1 heterocycles. The highest BCUT2D eigenvalue weighted by Crippen LogP contribution is 2.37. The highest BCUT2D eigenvalue weighted by Gasteiger charge is 2.40. The molecule has 2 aliphatic carbocycles. The summed E-state index contributed by atoms with van der Waals surface area (Å²) < 4.78 is 0. The zero-order valence-corrected chi connectivity index (χ0v) is 20.5. The fourth-order valence-corrected chi connectivity index (χ4v) is 5.39. The first-order chi connectivity index (χ1) is 16.9. The van der Waals surface area contributed by atoms with E-state index in [9.17, 15) is 14.4 Å². The Balaban J connectivity index is 1.36. The van der Waals surface area contributed by atoms with E-state index in [0.29, 0.717) is 40.3 Å². The van der Waals surface area contributed by atoms with Crippen LogP contribution in [-0.4, -0.2) is 61.4 Å². The molecule has 8 heteroatoms. The maximum absolute atomic E-state index is 13.1. The molecule has 0 bridgehead atoms. The Morgan fingerprint density at radius 3 is 2.71 bits per heavy atom. The quantitative estimate of drug-likeness (QED) is 0.304. The van der Waals surface area contributed by atoms with E-state index in [1.165, 1.54) is 19.3 Å². The van der Waals surface area contributed by atoms with Crippen molar-refractivity contribution in [3.63, 3.8) is 0 Å². The van der Waals surface area contributed by atoms with E-state index in [-0.39, 0.29) is 17.9 Å². The van der Waals surface area contributed by atoms with Crippen LogP contribution < -0.4 is 21.7 Å². The van der Waals surface area contributed by atoms with Crippen LogP contribution in [0.1, 0.15) is 59.2 Å². The van der Waals surface area contributed by atoms with E-state index in [1.54, 1.807) is 31.3 Å². The van der Waals surface area contributed by atoms with Gasteiger partial charge in [-0.15, -0.1) is 0 Å². The zero-order chi connectivity index (χ0) is 24.9. The number of primary amides is 1. The van der Waals surface area contributed by atoms with Crippen LogP contribution in [0.3, 0.4) is 0 Å². The largest absolute Gasteiger partial charge is 0.384 e. The summed E-state index contributed by atoms with van der Waals surface area (Å²) in [7, 11) is 1.60. The standard InChI is InChI=1S/C27H37N5O3/c1-17(26(34)29-2)5-3-11-32-12-4-6-19-13-21(15-24(19)32)31-27(35)20-9-10-22(25(28)33)23(14-20)30-16-18-7-8-18/h3,5,9-10,14,18-19,21,24,30H,1,4,6-8,11-13,15-16H2,2H3,(H2,28,33)(H,29,34)(H,31,35)/b5-3-. The number of nitrogens with zero attached hydrogens (tertiary/aromatic N) is 1. The minimum atomic E-state index is -0.497. The van der Waals surface area contributed by atoms with Gasteiger partial charge in [0.1, 0.15) is 0 Å². The average molecular weight is 480 g/mol. The van der Waals surface area contributed by atoms with Crippen molar-refractivity contribution in [2.24, 2.45) is 17.6 Å². The number of benzene rings is 1. The molecule has 3 unspecified atom stereocenters. The minimum absolute atomic E-state index is 0.113. The summed E-state index contributed by atoms with van der Waals surface area (Å²) in [6.45, 7) is 6.37. The third-order valence-corrected chi connectivity index (χ3v) is 7.48. The number of likely N-dealkylation sites (tertiary alicyclic amines) is 1. The predicted molar refractivity (Wildman–Crippen MR) is 137 cm³/mol. The smallest absolute Gasteiger partial charge is 0.251 e. The van der Waals surface area contributed by atoms with Gasteiger partial charge in [0.25, 0.3) is 11.8 Å². The minimum Gasteiger partial charge on any atom is -0.384 e. The monoisotopic (exact) mass is 479 g/mol. The number of carbonyl (C=O) groups excluding carboxylic acids is 3. The second kappa shape index (κ2) is 11.1. The van der Waals surface area contributed by atoms with Crippen molar-refractivity contribution in [3.8, 4) is 0 Å². The summed E-state index contributed by atoms with van der Waals surface area (Å²) in [5.41, 5.74) is 7.57. The lowest BCUT2D eigenvalue weighted by atomic mass is 9.92. The molecule has 3 amide bonds. The number of amides is 3. The van der Waals surface area contributed by atoms with Crippen LogP contribution in [0.25, 0.3) is 0 Å². The number of anilines is 1. The van der Waals surface area contributed by atoms with E-state index >= 15 is 0 Å². The lowest BCUT2D eigenvalue weighted by molar-refractivity contribution is -0.116. The number of piperidine rings is 1.